The number of rotatable bonds is 15. The van der Waals surface area contributed by atoms with Gasteiger partial charge in [0.15, 0.2) is 5.65 Å². The van der Waals surface area contributed by atoms with E-state index in [-0.39, 0.29) is 21.3 Å². The van der Waals surface area contributed by atoms with E-state index in [4.69, 9.17) is 23.6 Å². The van der Waals surface area contributed by atoms with Gasteiger partial charge in [0.05, 0.1) is 19.3 Å². The maximum absolute atomic E-state index is 14.4. The fraction of sp³-hybridized carbons (Fsp3) is 0.308. The van der Waals surface area contributed by atoms with Gasteiger partial charge in [-0.15, -0.1) is 0 Å². The molecule has 0 amide bonds. The Balaban J connectivity index is 1.25. The van der Waals surface area contributed by atoms with Crippen LogP contribution in [0.2, 0.25) is 5.04 Å². The number of nitrogens with one attached hydrogen (secondary N) is 2. The highest BCUT2D eigenvalue weighted by Crippen LogP contribution is 2.45. The standard InChI is InChI=1S/C52H56N4O7SSi/c1-8-43(63-65(51(4,5)6,40-25-17-11-18-26-40)41-27-19-12-20-28-41)44-33-42(34(2)61-35(3)57)48(62-44)56-46-45(64-50(56)59)47(58)54-49(53-46)55-52(36-21-13-9-14-22-36,37-23-15-10-16-24-37)38-29-31-39(60-7)32-30-38/h9-32,34,42-44,48H,8,33H2,1-7H3,(H2,53,54,55,58)/t34-,42+,43+,44+,48-/m1/s1. The Bertz CT molecular complexity index is 2750. The van der Waals surface area contributed by atoms with Crippen LogP contribution < -0.4 is 30.9 Å². The number of fused-ring (bicyclic) bond motifs is 1. The summed E-state index contributed by atoms with van der Waals surface area (Å²) in [5.74, 6) is -0.122. The summed E-state index contributed by atoms with van der Waals surface area (Å²) in [5, 5.41) is 5.63. The molecule has 8 rings (SSSR count). The Hall–Kier alpha value is -6.12. The summed E-state index contributed by atoms with van der Waals surface area (Å²) in [6.45, 7) is 12.0. The quantitative estimate of drug-likeness (QED) is 0.0589. The molecule has 336 valence electrons. The number of hydrogen-bond acceptors (Lipinski definition) is 10. The molecule has 0 bridgehead atoms. The summed E-state index contributed by atoms with van der Waals surface area (Å²) >= 11 is 0.810. The van der Waals surface area contributed by atoms with E-state index >= 15 is 0 Å². The van der Waals surface area contributed by atoms with E-state index < -0.39 is 60.7 Å². The first kappa shape index (κ1) is 45.4. The minimum absolute atomic E-state index is 0.137. The monoisotopic (exact) mass is 908 g/mol. The van der Waals surface area contributed by atoms with Crippen molar-refractivity contribution in [3.05, 3.63) is 182 Å². The average molecular weight is 909 g/mol. The van der Waals surface area contributed by atoms with Crippen LogP contribution in [-0.4, -0.2) is 54.2 Å². The highest BCUT2D eigenvalue weighted by atomic mass is 32.1. The van der Waals surface area contributed by atoms with Gasteiger partial charge < -0.3 is 24.0 Å². The molecule has 65 heavy (non-hydrogen) atoms. The van der Waals surface area contributed by atoms with Crippen LogP contribution in [0.15, 0.2) is 155 Å². The zero-order valence-corrected chi connectivity index (χ0v) is 39.6. The number of carbonyl (C=O) groups is 1. The predicted molar refractivity (Wildman–Crippen MR) is 260 cm³/mol. The number of ether oxygens (including phenoxy) is 3. The second-order valence-corrected chi connectivity index (χ2v) is 22.9. The molecule has 7 aromatic rings. The van der Waals surface area contributed by atoms with Gasteiger partial charge in [0.1, 0.15) is 28.3 Å². The number of anilines is 1. The molecule has 0 spiro atoms. The summed E-state index contributed by atoms with van der Waals surface area (Å²) < 4.78 is 27.8. The number of methoxy groups -OCH3 is 1. The second-order valence-electron chi connectivity index (χ2n) is 17.6. The van der Waals surface area contributed by atoms with Crippen LogP contribution in [0.3, 0.4) is 0 Å². The van der Waals surface area contributed by atoms with Crippen molar-refractivity contribution in [1.82, 2.24) is 14.5 Å². The van der Waals surface area contributed by atoms with E-state index in [0.29, 0.717) is 18.6 Å². The number of thiazole rings is 1. The number of aromatic nitrogens is 3. The molecule has 1 fully saturated rings. The molecule has 0 aliphatic carbocycles. The molecule has 2 N–H and O–H groups in total. The normalized spacial score (nSPS) is 17.7. The van der Waals surface area contributed by atoms with Gasteiger partial charge in [0, 0.05) is 12.8 Å². The molecule has 2 aromatic heterocycles. The fourth-order valence-electron chi connectivity index (χ4n) is 9.65. The average Bonchev–Trinajstić information content (AvgIpc) is 3.90. The van der Waals surface area contributed by atoms with Crippen LogP contribution in [0.1, 0.15) is 77.3 Å². The van der Waals surface area contributed by atoms with Gasteiger partial charge >= 0.3 is 10.8 Å². The van der Waals surface area contributed by atoms with Crippen molar-refractivity contribution in [2.75, 3.05) is 12.4 Å². The van der Waals surface area contributed by atoms with E-state index in [1.807, 2.05) is 104 Å². The minimum atomic E-state index is -3.05. The van der Waals surface area contributed by atoms with Crippen LogP contribution in [-0.2, 0) is 24.2 Å². The fourth-order valence-corrected chi connectivity index (χ4v) is 15.3. The molecule has 3 heterocycles. The van der Waals surface area contributed by atoms with E-state index in [2.05, 4.69) is 86.5 Å². The lowest BCUT2D eigenvalue weighted by atomic mass is 9.77. The Labute approximate surface area is 384 Å². The van der Waals surface area contributed by atoms with E-state index in [9.17, 15) is 14.4 Å². The second kappa shape index (κ2) is 18.8. The number of aromatic amines is 1. The molecule has 0 radical (unpaired) electrons. The maximum atomic E-state index is 14.4. The van der Waals surface area contributed by atoms with E-state index in [1.54, 1.807) is 7.11 Å². The van der Waals surface area contributed by atoms with Gasteiger partial charge in [0.2, 0.25) is 5.95 Å². The van der Waals surface area contributed by atoms with Crippen LogP contribution >= 0.6 is 11.3 Å². The minimum Gasteiger partial charge on any atom is -0.497 e. The topological polar surface area (TPSA) is 134 Å². The number of H-pyrrole nitrogens is 1. The third-order valence-electron chi connectivity index (χ3n) is 12.7. The van der Waals surface area contributed by atoms with Gasteiger partial charge in [-0.05, 0) is 64.0 Å². The lowest BCUT2D eigenvalue weighted by Gasteiger charge is -2.46. The van der Waals surface area contributed by atoms with E-state index in [1.165, 1.54) is 11.5 Å². The van der Waals surface area contributed by atoms with Crippen molar-refractivity contribution in [2.45, 2.75) is 89.5 Å². The first-order valence-corrected chi connectivity index (χ1v) is 24.8. The van der Waals surface area contributed by atoms with Crippen molar-refractivity contribution in [2.24, 2.45) is 5.92 Å². The highest BCUT2D eigenvalue weighted by molar-refractivity contribution is 7.16. The van der Waals surface area contributed by atoms with Gasteiger partial charge in [-0.1, -0.05) is 172 Å². The number of hydrogen-bond donors (Lipinski definition) is 2. The molecule has 0 saturated carbocycles. The number of nitrogens with zero attached hydrogens (tertiary/aromatic N) is 2. The Morgan fingerprint density at radius 2 is 1.37 bits per heavy atom. The Morgan fingerprint density at radius 1 is 0.846 bits per heavy atom. The number of benzene rings is 5. The summed E-state index contributed by atoms with van der Waals surface area (Å²) in [6.07, 6.45) is -1.54. The molecule has 11 nitrogen and oxygen atoms in total. The number of carbonyl (C=O) groups excluding carboxylic acids is 1. The molecule has 5 atom stereocenters. The summed E-state index contributed by atoms with van der Waals surface area (Å²) in [4.78, 5) is 48.8. The lowest BCUT2D eigenvalue weighted by molar-refractivity contribution is -0.150. The highest BCUT2D eigenvalue weighted by Gasteiger charge is 2.54. The van der Waals surface area contributed by atoms with Crippen LogP contribution in [0.4, 0.5) is 5.95 Å². The zero-order chi connectivity index (χ0) is 45.9. The van der Waals surface area contributed by atoms with Crippen LogP contribution in [0.25, 0.3) is 10.3 Å². The van der Waals surface area contributed by atoms with Crippen molar-refractivity contribution >= 4 is 52.3 Å². The molecule has 1 aliphatic heterocycles. The lowest BCUT2D eigenvalue weighted by Crippen LogP contribution is -2.68. The zero-order valence-electron chi connectivity index (χ0n) is 37.8. The molecular formula is C52H56N4O7SSi. The maximum Gasteiger partial charge on any atom is 0.311 e. The Kier molecular flexibility index (Phi) is 13.1. The van der Waals surface area contributed by atoms with Crippen molar-refractivity contribution in [3.8, 4) is 5.75 Å². The smallest absolute Gasteiger partial charge is 0.311 e. The summed E-state index contributed by atoms with van der Waals surface area (Å²) in [6, 6.07) is 48.5. The predicted octanol–water partition coefficient (Wildman–Crippen LogP) is 8.77. The number of esters is 1. The molecule has 0 unspecified atom stereocenters. The van der Waals surface area contributed by atoms with E-state index in [0.717, 1.165) is 38.4 Å². The first-order valence-electron chi connectivity index (χ1n) is 22.1. The van der Waals surface area contributed by atoms with Gasteiger partial charge in [0.25, 0.3) is 13.9 Å². The summed E-state index contributed by atoms with van der Waals surface area (Å²) in [5.41, 5.74) is 1.21. The van der Waals surface area contributed by atoms with Crippen molar-refractivity contribution < 1.29 is 23.4 Å². The largest absolute Gasteiger partial charge is 0.497 e. The molecular weight excluding hydrogens is 853 g/mol. The van der Waals surface area contributed by atoms with Crippen LogP contribution in [0, 0.1) is 5.92 Å². The van der Waals surface area contributed by atoms with Crippen molar-refractivity contribution in [3.63, 3.8) is 0 Å². The van der Waals surface area contributed by atoms with Gasteiger partial charge in [-0.3, -0.25) is 23.9 Å². The third kappa shape index (κ3) is 8.61. The SMILES string of the molecule is CC[C@H](O[Si](c1ccccc1)(c1ccccc1)C(C)(C)C)[C@@H]1C[C@@H]([C@@H](C)OC(C)=O)[C@H](n2c(=O)sc3c(=O)[nH]c(NC(c4ccccc4)(c4ccccc4)c4ccc(OC)cc4)nc32)O1. The molecule has 1 aliphatic rings. The third-order valence-corrected chi connectivity index (χ3v) is 18.7. The molecule has 13 heteroatoms. The van der Waals surface area contributed by atoms with Crippen LogP contribution in [0.5, 0.6) is 5.75 Å². The van der Waals surface area contributed by atoms with Gasteiger partial charge in [-0.2, -0.15) is 4.98 Å². The van der Waals surface area contributed by atoms with Gasteiger partial charge in [-0.25, -0.2) is 0 Å². The summed E-state index contributed by atoms with van der Waals surface area (Å²) in [7, 11) is -1.43. The Morgan fingerprint density at radius 3 is 1.86 bits per heavy atom. The van der Waals surface area contributed by atoms with Crippen molar-refractivity contribution in [1.29, 1.82) is 0 Å². The first-order chi connectivity index (χ1) is 31.3. The molecule has 5 aromatic carbocycles. The molecule has 1 saturated heterocycles.